The van der Waals surface area contributed by atoms with Crippen LogP contribution in [-0.2, 0) is 4.79 Å². The summed E-state index contributed by atoms with van der Waals surface area (Å²) in [5.74, 6) is -0.575. The third-order valence-corrected chi connectivity index (χ3v) is 3.98. The summed E-state index contributed by atoms with van der Waals surface area (Å²) in [5, 5.41) is 6.13. The van der Waals surface area contributed by atoms with Crippen molar-refractivity contribution in [2.24, 2.45) is 5.73 Å². The molecule has 5 heteroatoms. The molecule has 1 unspecified atom stereocenters. The summed E-state index contributed by atoms with van der Waals surface area (Å²) in [4.78, 5) is 24.0. The number of anilines is 1. The molecule has 117 valence electrons. The zero-order chi connectivity index (χ0) is 16.2. The molecule has 4 N–H and O–H groups in total. The van der Waals surface area contributed by atoms with Crippen LogP contribution in [0.2, 0.25) is 0 Å². The summed E-state index contributed by atoms with van der Waals surface area (Å²) in [6.07, 6.45) is 1.83. The van der Waals surface area contributed by atoms with Crippen LogP contribution in [0.4, 0.5) is 5.69 Å². The van der Waals surface area contributed by atoms with Crippen LogP contribution in [0.15, 0.2) is 42.5 Å². The second kappa shape index (κ2) is 6.62. The van der Waals surface area contributed by atoms with E-state index in [0.717, 1.165) is 24.9 Å². The number of benzene rings is 2. The summed E-state index contributed by atoms with van der Waals surface area (Å²) < 4.78 is 0. The van der Waals surface area contributed by atoms with Crippen LogP contribution < -0.4 is 16.4 Å². The van der Waals surface area contributed by atoms with Gasteiger partial charge in [0.05, 0.1) is 6.04 Å². The molecule has 1 saturated heterocycles. The molecule has 1 fully saturated rings. The molecule has 2 amide bonds. The van der Waals surface area contributed by atoms with Gasteiger partial charge in [-0.25, -0.2) is 0 Å². The number of para-hydroxylation sites is 1. The predicted molar refractivity (Wildman–Crippen MR) is 88.9 cm³/mol. The van der Waals surface area contributed by atoms with Crippen LogP contribution in [0.25, 0.3) is 11.1 Å². The van der Waals surface area contributed by atoms with E-state index in [0.29, 0.717) is 16.8 Å². The smallest absolute Gasteiger partial charge is 0.249 e. The van der Waals surface area contributed by atoms with Crippen LogP contribution in [-0.4, -0.2) is 24.4 Å². The van der Waals surface area contributed by atoms with Gasteiger partial charge in [-0.05, 0) is 43.1 Å². The Morgan fingerprint density at radius 2 is 2.04 bits per heavy atom. The fourth-order valence-electron chi connectivity index (χ4n) is 2.82. The van der Waals surface area contributed by atoms with E-state index >= 15 is 0 Å². The first-order valence-corrected chi connectivity index (χ1v) is 7.60. The zero-order valence-electron chi connectivity index (χ0n) is 12.6. The molecule has 0 spiro atoms. The highest BCUT2D eigenvalue weighted by molar-refractivity contribution is 6.04. The maximum absolute atomic E-state index is 12.3. The topological polar surface area (TPSA) is 84.2 Å². The van der Waals surface area contributed by atoms with Gasteiger partial charge in [-0.15, -0.1) is 0 Å². The molecular weight excluding hydrogens is 290 g/mol. The molecule has 5 nitrogen and oxygen atoms in total. The second-order valence-corrected chi connectivity index (χ2v) is 5.52. The Balaban J connectivity index is 1.95. The second-order valence-electron chi connectivity index (χ2n) is 5.52. The number of rotatable bonds is 4. The maximum atomic E-state index is 12.3. The normalized spacial score (nSPS) is 17.0. The monoisotopic (exact) mass is 308 g/mol. The summed E-state index contributed by atoms with van der Waals surface area (Å²) in [5.41, 5.74) is 7.95. The van der Waals surface area contributed by atoms with Gasteiger partial charge in [0.25, 0.3) is 0 Å². The van der Waals surface area contributed by atoms with Gasteiger partial charge < -0.3 is 16.4 Å². The Bertz CT molecular complexity index is 737. The largest absolute Gasteiger partial charge is 0.366 e. The highest BCUT2D eigenvalue weighted by Crippen LogP contribution is 2.30. The van der Waals surface area contributed by atoms with Crippen molar-refractivity contribution in [3.05, 3.63) is 54.1 Å². The van der Waals surface area contributed by atoms with E-state index in [1.807, 2.05) is 24.3 Å². The molecule has 1 atom stereocenters. The van der Waals surface area contributed by atoms with Gasteiger partial charge in [-0.1, -0.05) is 30.3 Å². The van der Waals surface area contributed by atoms with Gasteiger partial charge in [0.15, 0.2) is 0 Å². The van der Waals surface area contributed by atoms with Crippen molar-refractivity contribution in [1.29, 1.82) is 0 Å². The van der Waals surface area contributed by atoms with Crippen LogP contribution in [0, 0.1) is 6.07 Å². The lowest BCUT2D eigenvalue weighted by atomic mass is 9.97. The van der Waals surface area contributed by atoms with Crippen LogP contribution in [0.5, 0.6) is 0 Å². The standard InChI is InChI=1S/C18H18N3O2/c19-17(22)14-8-2-1-6-12(14)13-7-3-4-9-15(13)21-18(23)16-10-5-11-20-16/h1,3-4,6-9,16,20H,5,10-11H2,(H2,19,22)(H,21,23). The van der Waals surface area contributed by atoms with E-state index in [1.54, 1.807) is 18.2 Å². The Labute approximate surface area is 134 Å². The number of hydrogen-bond donors (Lipinski definition) is 3. The minimum atomic E-state index is -0.518. The predicted octanol–water partition coefficient (Wildman–Crippen LogP) is 1.94. The highest BCUT2D eigenvalue weighted by Gasteiger charge is 2.23. The molecule has 3 rings (SSSR count). The quantitative estimate of drug-likeness (QED) is 0.807. The molecule has 1 radical (unpaired) electrons. The van der Waals surface area contributed by atoms with Crippen molar-refractivity contribution in [3.8, 4) is 11.1 Å². The van der Waals surface area contributed by atoms with E-state index in [2.05, 4.69) is 16.7 Å². The van der Waals surface area contributed by atoms with Crippen molar-refractivity contribution in [3.63, 3.8) is 0 Å². The minimum absolute atomic E-state index is 0.0573. The summed E-state index contributed by atoms with van der Waals surface area (Å²) in [6.45, 7) is 0.861. The number of hydrogen-bond acceptors (Lipinski definition) is 3. The summed E-state index contributed by atoms with van der Waals surface area (Å²) in [6, 6.07) is 15.1. The van der Waals surface area contributed by atoms with Crippen molar-refractivity contribution >= 4 is 17.5 Å². The molecule has 0 aromatic heterocycles. The summed E-state index contributed by atoms with van der Waals surface area (Å²) >= 11 is 0. The third kappa shape index (κ3) is 3.24. The Kier molecular flexibility index (Phi) is 4.39. The van der Waals surface area contributed by atoms with Crippen molar-refractivity contribution in [2.45, 2.75) is 18.9 Å². The molecule has 23 heavy (non-hydrogen) atoms. The van der Waals surface area contributed by atoms with Crippen LogP contribution in [0.1, 0.15) is 23.2 Å². The molecule has 2 aromatic carbocycles. The van der Waals surface area contributed by atoms with E-state index in [1.165, 1.54) is 0 Å². The molecule has 2 aromatic rings. The fourth-order valence-corrected chi connectivity index (χ4v) is 2.82. The number of carbonyl (C=O) groups excluding carboxylic acids is 2. The van der Waals surface area contributed by atoms with Crippen molar-refractivity contribution < 1.29 is 9.59 Å². The van der Waals surface area contributed by atoms with Gasteiger partial charge in [0, 0.05) is 16.8 Å². The first-order chi connectivity index (χ1) is 11.2. The molecule has 1 aliphatic rings. The third-order valence-electron chi connectivity index (χ3n) is 3.98. The lowest BCUT2D eigenvalue weighted by molar-refractivity contribution is -0.117. The highest BCUT2D eigenvalue weighted by atomic mass is 16.2. The van der Waals surface area contributed by atoms with Gasteiger partial charge in [0.1, 0.15) is 0 Å². The van der Waals surface area contributed by atoms with Crippen molar-refractivity contribution in [2.75, 3.05) is 11.9 Å². The molecule has 0 aliphatic carbocycles. The van der Waals surface area contributed by atoms with Gasteiger partial charge in [-0.3, -0.25) is 9.59 Å². The van der Waals surface area contributed by atoms with Crippen molar-refractivity contribution in [1.82, 2.24) is 5.32 Å². The van der Waals surface area contributed by atoms with E-state index in [-0.39, 0.29) is 11.9 Å². The van der Waals surface area contributed by atoms with Gasteiger partial charge in [-0.2, -0.15) is 0 Å². The number of nitrogens with one attached hydrogen (secondary N) is 2. The molecule has 1 aliphatic heterocycles. The Morgan fingerprint density at radius 3 is 2.78 bits per heavy atom. The van der Waals surface area contributed by atoms with E-state index < -0.39 is 5.91 Å². The molecule has 1 heterocycles. The van der Waals surface area contributed by atoms with Crippen LogP contribution >= 0.6 is 0 Å². The molecular formula is C18H18N3O2. The van der Waals surface area contributed by atoms with Gasteiger partial charge >= 0.3 is 0 Å². The lowest BCUT2D eigenvalue weighted by Crippen LogP contribution is -2.35. The number of primary amides is 1. The number of nitrogens with two attached hydrogens (primary N) is 1. The zero-order valence-corrected chi connectivity index (χ0v) is 12.6. The Hall–Kier alpha value is -2.66. The Morgan fingerprint density at radius 1 is 1.22 bits per heavy atom. The van der Waals surface area contributed by atoms with E-state index in [9.17, 15) is 9.59 Å². The molecule has 0 saturated carbocycles. The number of carbonyl (C=O) groups is 2. The fraction of sp³-hybridized carbons (Fsp3) is 0.222. The maximum Gasteiger partial charge on any atom is 0.249 e. The average molecular weight is 308 g/mol. The minimum Gasteiger partial charge on any atom is -0.366 e. The van der Waals surface area contributed by atoms with Gasteiger partial charge in [0.2, 0.25) is 11.8 Å². The summed E-state index contributed by atoms with van der Waals surface area (Å²) in [7, 11) is 0. The van der Waals surface area contributed by atoms with Crippen LogP contribution in [0.3, 0.4) is 0 Å². The lowest BCUT2D eigenvalue weighted by Gasteiger charge is -2.15. The molecule has 0 bridgehead atoms. The van der Waals surface area contributed by atoms with E-state index in [4.69, 9.17) is 5.73 Å². The SMILES string of the molecule is NC(=O)c1c[c]ccc1-c1ccccc1NC(=O)C1CCCN1. The number of amides is 2. The first-order valence-electron chi connectivity index (χ1n) is 7.60. The first kappa shape index (κ1) is 15.2. The average Bonchev–Trinajstić information content (AvgIpc) is 3.10.